The highest BCUT2D eigenvalue weighted by atomic mass is 35.5. The molecule has 1 aromatic heterocycles. The lowest BCUT2D eigenvalue weighted by Crippen LogP contribution is -2.29. The number of aliphatic carboxylic acids is 1. The Balaban J connectivity index is 1.86. The van der Waals surface area contributed by atoms with Gasteiger partial charge in [-0.25, -0.2) is 4.79 Å². The van der Waals surface area contributed by atoms with Gasteiger partial charge in [0.15, 0.2) is 0 Å². The first-order chi connectivity index (χ1) is 13.5. The van der Waals surface area contributed by atoms with Crippen molar-refractivity contribution in [2.75, 3.05) is 6.54 Å². The van der Waals surface area contributed by atoms with Crippen molar-refractivity contribution in [1.29, 1.82) is 0 Å². The second kappa shape index (κ2) is 7.17. The third kappa shape index (κ3) is 3.08. The molecule has 2 heterocycles. The van der Waals surface area contributed by atoms with Gasteiger partial charge in [-0.15, -0.1) is 0 Å². The highest BCUT2D eigenvalue weighted by molar-refractivity contribution is 6.30. The van der Waals surface area contributed by atoms with Crippen molar-refractivity contribution < 1.29 is 14.7 Å². The Labute approximate surface area is 167 Å². The second-order valence-corrected chi connectivity index (χ2v) is 7.31. The van der Waals surface area contributed by atoms with Gasteiger partial charge in [0.05, 0.1) is 11.3 Å². The fourth-order valence-electron chi connectivity index (χ4n) is 3.80. The van der Waals surface area contributed by atoms with Gasteiger partial charge in [0.1, 0.15) is 0 Å². The van der Waals surface area contributed by atoms with E-state index in [2.05, 4.69) is 4.98 Å². The molecule has 5 nitrogen and oxygen atoms in total. The summed E-state index contributed by atoms with van der Waals surface area (Å²) in [7, 11) is 0. The Kier molecular flexibility index (Phi) is 4.69. The predicted octanol–water partition coefficient (Wildman–Crippen LogP) is 4.90. The van der Waals surface area contributed by atoms with Crippen LogP contribution in [0.5, 0.6) is 0 Å². The van der Waals surface area contributed by atoms with Gasteiger partial charge in [0.25, 0.3) is 5.91 Å². The number of nitrogens with one attached hydrogen (secondary N) is 1. The Morgan fingerprint density at radius 3 is 2.57 bits per heavy atom. The van der Waals surface area contributed by atoms with Crippen molar-refractivity contribution in [2.45, 2.75) is 19.3 Å². The minimum absolute atomic E-state index is 0.00972. The van der Waals surface area contributed by atoms with Gasteiger partial charge < -0.3 is 15.0 Å². The normalized spacial score (nSPS) is 16.4. The van der Waals surface area contributed by atoms with Gasteiger partial charge in [-0.3, -0.25) is 4.79 Å². The smallest absolute Gasteiger partial charge is 0.339 e. The number of H-pyrrole nitrogens is 1. The van der Waals surface area contributed by atoms with Crippen LogP contribution in [0, 0.1) is 0 Å². The summed E-state index contributed by atoms with van der Waals surface area (Å²) in [6.07, 6.45) is 2.23. The molecule has 0 saturated heterocycles. The van der Waals surface area contributed by atoms with Crippen LogP contribution in [-0.2, 0) is 4.79 Å². The standard InChI is InChI=1S/C22H19ClN2O3/c1-2-13-11-25(21(26)14-7-9-15(23)10-8-14)12-17(22(27)28)20-19(13)16-5-3-4-6-18(16)24-20/h3-10,12-13,24H,2,11H2,1H3,(H,27,28). The quantitative estimate of drug-likeness (QED) is 0.663. The lowest BCUT2D eigenvalue weighted by Gasteiger charge is -2.23. The van der Waals surface area contributed by atoms with E-state index in [-0.39, 0.29) is 17.4 Å². The molecule has 0 saturated carbocycles. The number of carboxylic acid groups (broad SMARTS) is 1. The summed E-state index contributed by atoms with van der Waals surface area (Å²) >= 11 is 5.92. The minimum atomic E-state index is -1.07. The molecule has 3 aromatic rings. The maximum atomic E-state index is 13.1. The number of benzene rings is 2. The molecule has 2 aromatic carbocycles. The summed E-state index contributed by atoms with van der Waals surface area (Å²) in [6, 6.07) is 14.4. The number of aromatic amines is 1. The zero-order chi connectivity index (χ0) is 19.8. The number of hydrogen-bond acceptors (Lipinski definition) is 2. The molecule has 0 bridgehead atoms. The van der Waals surface area contributed by atoms with E-state index >= 15 is 0 Å². The van der Waals surface area contributed by atoms with Gasteiger partial charge in [0.2, 0.25) is 0 Å². The molecule has 0 spiro atoms. The zero-order valence-corrected chi connectivity index (χ0v) is 16.0. The molecular formula is C22H19ClN2O3. The number of hydrogen-bond donors (Lipinski definition) is 2. The minimum Gasteiger partial charge on any atom is -0.478 e. The molecule has 1 unspecified atom stereocenters. The number of halogens is 1. The molecule has 0 radical (unpaired) electrons. The maximum absolute atomic E-state index is 13.1. The third-order valence-corrected chi connectivity index (χ3v) is 5.45. The van der Waals surface area contributed by atoms with Crippen LogP contribution in [0.3, 0.4) is 0 Å². The molecule has 1 atom stereocenters. The molecule has 4 rings (SSSR count). The van der Waals surface area contributed by atoms with E-state index in [9.17, 15) is 14.7 Å². The maximum Gasteiger partial charge on any atom is 0.339 e. The first-order valence-electron chi connectivity index (χ1n) is 9.12. The largest absolute Gasteiger partial charge is 0.478 e. The number of carbonyl (C=O) groups excluding carboxylic acids is 1. The van der Waals surface area contributed by atoms with Crippen molar-refractivity contribution in [3.05, 3.63) is 76.6 Å². The van der Waals surface area contributed by atoms with Crippen LogP contribution in [0.2, 0.25) is 5.02 Å². The first kappa shape index (κ1) is 18.3. The number of carbonyl (C=O) groups is 2. The highest BCUT2D eigenvalue weighted by Crippen LogP contribution is 2.38. The molecule has 1 aliphatic rings. The van der Waals surface area contributed by atoms with E-state index in [4.69, 9.17) is 11.6 Å². The van der Waals surface area contributed by atoms with Gasteiger partial charge in [-0.05, 0) is 42.3 Å². The Morgan fingerprint density at radius 1 is 1.18 bits per heavy atom. The second-order valence-electron chi connectivity index (χ2n) is 6.88. The van der Waals surface area contributed by atoms with E-state index < -0.39 is 5.97 Å². The lowest BCUT2D eigenvalue weighted by molar-refractivity contribution is -0.130. The number of fused-ring (bicyclic) bond motifs is 3. The fraction of sp³-hybridized carbons (Fsp3) is 0.182. The van der Waals surface area contributed by atoms with Crippen molar-refractivity contribution in [3.8, 4) is 0 Å². The van der Waals surface area contributed by atoms with Gasteiger partial charge in [-0.2, -0.15) is 0 Å². The van der Waals surface area contributed by atoms with Crippen LogP contribution in [0.4, 0.5) is 0 Å². The Morgan fingerprint density at radius 2 is 1.89 bits per heavy atom. The van der Waals surface area contributed by atoms with E-state index in [1.165, 1.54) is 11.1 Å². The molecule has 0 fully saturated rings. The topological polar surface area (TPSA) is 73.4 Å². The van der Waals surface area contributed by atoms with Crippen LogP contribution >= 0.6 is 11.6 Å². The van der Waals surface area contributed by atoms with Crippen molar-refractivity contribution in [1.82, 2.24) is 9.88 Å². The van der Waals surface area contributed by atoms with E-state index in [1.54, 1.807) is 24.3 Å². The van der Waals surface area contributed by atoms with Crippen LogP contribution in [0.15, 0.2) is 54.7 Å². The summed E-state index contributed by atoms with van der Waals surface area (Å²) in [6.45, 7) is 2.45. The molecule has 1 aliphatic heterocycles. The van der Waals surface area contributed by atoms with Crippen molar-refractivity contribution in [3.63, 3.8) is 0 Å². The highest BCUT2D eigenvalue weighted by Gasteiger charge is 2.31. The number of nitrogens with zero attached hydrogens (tertiary/aromatic N) is 1. The SMILES string of the molecule is CCC1CN(C(=O)c2ccc(Cl)cc2)C=C(C(=O)O)c2[nH]c3ccccc3c21. The third-order valence-electron chi connectivity index (χ3n) is 5.20. The average Bonchev–Trinajstić information content (AvgIpc) is 2.98. The number of aromatic nitrogens is 1. The summed E-state index contributed by atoms with van der Waals surface area (Å²) in [5, 5.41) is 11.4. The number of carboxylic acids is 1. The Hall–Kier alpha value is -3.05. The molecule has 6 heteroatoms. The summed E-state index contributed by atoms with van der Waals surface area (Å²) in [5.41, 5.74) is 2.99. The van der Waals surface area contributed by atoms with E-state index in [0.29, 0.717) is 22.8 Å². The van der Waals surface area contributed by atoms with Gasteiger partial charge in [-0.1, -0.05) is 36.7 Å². The van der Waals surface area contributed by atoms with Crippen LogP contribution in [-0.4, -0.2) is 33.4 Å². The zero-order valence-electron chi connectivity index (χ0n) is 15.3. The number of rotatable bonds is 3. The lowest BCUT2D eigenvalue weighted by atomic mass is 9.92. The Bertz CT molecular complexity index is 1100. The first-order valence-corrected chi connectivity index (χ1v) is 9.50. The molecular weight excluding hydrogens is 376 g/mol. The summed E-state index contributed by atoms with van der Waals surface area (Å²) in [4.78, 5) is 29.9. The molecule has 28 heavy (non-hydrogen) atoms. The van der Waals surface area contributed by atoms with E-state index in [0.717, 1.165) is 22.9 Å². The van der Waals surface area contributed by atoms with E-state index in [1.807, 2.05) is 31.2 Å². The monoisotopic (exact) mass is 394 g/mol. The number of amides is 1. The van der Waals surface area contributed by atoms with Crippen LogP contribution in [0.1, 0.15) is 40.9 Å². The molecule has 0 aliphatic carbocycles. The summed E-state index contributed by atoms with van der Waals surface area (Å²) < 4.78 is 0. The average molecular weight is 395 g/mol. The van der Waals surface area contributed by atoms with Crippen LogP contribution < -0.4 is 0 Å². The van der Waals surface area contributed by atoms with Gasteiger partial charge >= 0.3 is 5.97 Å². The predicted molar refractivity (Wildman–Crippen MR) is 109 cm³/mol. The van der Waals surface area contributed by atoms with Gasteiger partial charge in [0, 0.05) is 40.2 Å². The molecule has 142 valence electrons. The number of para-hydroxylation sites is 1. The van der Waals surface area contributed by atoms with Crippen LogP contribution in [0.25, 0.3) is 16.5 Å². The van der Waals surface area contributed by atoms with Crippen molar-refractivity contribution >= 4 is 40.0 Å². The molecule has 2 N–H and O–H groups in total. The summed E-state index contributed by atoms with van der Waals surface area (Å²) in [5.74, 6) is -1.31. The van der Waals surface area contributed by atoms with Crippen molar-refractivity contribution in [2.24, 2.45) is 0 Å². The molecule has 1 amide bonds. The fourth-order valence-corrected chi connectivity index (χ4v) is 3.92.